The molecule has 0 unspecified atom stereocenters. The first-order chi connectivity index (χ1) is 31.9. The van der Waals surface area contributed by atoms with E-state index in [9.17, 15) is 33.0 Å². The molecule has 3 aromatic heterocycles. The standard InChI is InChI=1S/C44H47ClN10O4S.C2HF3O2/c1-26-27(2)60-43-39(26)40(31-6-8-32(45)9-7-31)46-36(42-49-47-28(3)54(42)43)23-38(58)53-16-14-30(15-17-53)25-52-20-18-51(19-21-52)24-29-4-10-33(11-5-29)55-41(48-50-44(55)59)35-13-12-34(56)22-37(35)57;3-2(4,5)1(6)7/h4-13,22,30,36,56-57H,14-21,23-25H2,1-3H3,(H,50,59);(H,6,7)/t36-;/m0./s1. The fourth-order valence-corrected chi connectivity index (χ4v) is 10.1. The Kier molecular flexibility index (Phi) is 13.7. The van der Waals surface area contributed by atoms with E-state index in [0.717, 1.165) is 98.4 Å². The van der Waals surface area contributed by atoms with Gasteiger partial charge in [0.25, 0.3) is 0 Å². The SMILES string of the molecule is Cc1sc2c(c1C)C(c1ccc(Cl)cc1)=N[C@@H](CC(=O)N1CCC(CN3CCN(Cc4ccc(-n5c(-c6ccc(O)cc6O)n[nH]c5=O)cc4)CC3)CC1)c1nnc(C)n1-2.O=C(O)C(F)(F)F. The molecule has 2 fully saturated rings. The summed E-state index contributed by atoms with van der Waals surface area (Å²) >= 11 is 7.99. The molecule has 352 valence electrons. The van der Waals surface area contributed by atoms with Crippen LogP contribution in [0.1, 0.15) is 64.1 Å². The van der Waals surface area contributed by atoms with Crippen molar-refractivity contribution in [2.24, 2.45) is 10.9 Å². The zero-order chi connectivity index (χ0) is 47.7. The lowest BCUT2D eigenvalue weighted by molar-refractivity contribution is -0.192. The molecule has 0 spiro atoms. The van der Waals surface area contributed by atoms with Crippen molar-refractivity contribution in [2.75, 3.05) is 45.8 Å². The van der Waals surface area contributed by atoms with Crippen LogP contribution in [0.4, 0.5) is 13.2 Å². The number of nitrogens with one attached hydrogen (secondary N) is 1. The summed E-state index contributed by atoms with van der Waals surface area (Å²) in [5, 5.41) is 44.6. The number of piperidine rings is 1. The Morgan fingerprint density at radius 3 is 2.18 bits per heavy atom. The number of alkyl halides is 3. The van der Waals surface area contributed by atoms with Crippen LogP contribution in [0.2, 0.25) is 5.02 Å². The Hall–Kier alpha value is -6.35. The van der Waals surface area contributed by atoms with Gasteiger partial charge in [0.2, 0.25) is 5.91 Å². The second-order valence-corrected chi connectivity index (χ2v) is 18.5. The van der Waals surface area contributed by atoms with E-state index in [0.29, 0.717) is 28.0 Å². The van der Waals surface area contributed by atoms with Gasteiger partial charge in [0.15, 0.2) is 11.6 Å². The molecule has 1 amide bonds. The topological polar surface area (TPSA) is 198 Å². The highest BCUT2D eigenvalue weighted by molar-refractivity contribution is 7.15. The lowest BCUT2D eigenvalue weighted by Crippen LogP contribution is -2.48. The number of aliphatic imine (C=N–C) groups is 1. The second-order valence-electron chi connectivity index (χ2n) is 16.9. The molecule has 9 rings (SSSR count). The molecule has 16 nitrogen and oxygen atoms in total. The Morgan fingerprint density at radius 1 is 0.881 bits per heavy atom. The van der Waals surface area contributed by atoms with E-state index in [1.54, 1.807) is 11.3 Å². The third-order valence-electron chi connectivity index (χ3n) is 12.4. The summed E-state index contributed by atoms with van der Waals surface area (Å²) in [7, 11) is 0. The molecular weight excluding hydrogens is 913 g/mol. The largest absolute Gasteiger partial charge is 0.508 e. The second kappa shape index (κ2) is 19.5. The van der Waals surface area contributed by atoms with Crippen molar-refractivity contribution < 1.29 is 38.1 Å². The number of carbonyl (C=O) groups is 2. The van der Waals surface area contributed by atoms with Crippen molar-refractivity contribution in [3.05, 3.63) is 121 Å². The summed E-state index contributed by atoms with van der Waals surface area (Å²) < 4.78 is 35.2. The van der Waals surface area contributed by atoms with Gasteiger partial charge in [0.05, 0.1) is 23.4 Å². The quantitative estimate of drug-likeness (QED) is 0.119. The van der Waals surface area contributed by atoms with Crippen LogP contribution in [0.25, 0.3) is 22.1 Å². The number of nitrogens with zero attached hydrogens (tertiary/aromatic N) is 9. The highest BCUT2D eigenvalue weighted by Crippen LogP contribution is 2.40. The highest BCUT2D eigenvalue weighted by atomic mass is 35.5. The smallest absolute Gasteiger partial charge is 0.490 e. The van der Waals surface area contributed by atoms with Gasteiger partial charge in [-0.2, -0.15) is 18.3 Å². The number of aromatic hydroxyl groups is 2. The van der Waals surface area contributed by atoms with E-state index in [1.165, 1.54) is 33.2 Å². The Labute approximate surface area is 391 Å². The van der Waals surface area contributed by atoms with Gasteiger partial charge >= 0.3 is 17.8 Å². The number of carboxylic acid groups (broad SMARTS) is 1. The fourth-order valence-electron chi connectivity index (χ4n) is 8.72. The van der Waals surface area contributed by atoms with E-state index in [1.807, 2.05) is 60.4 Å². The van der Waals surface area contributed by atoms with Crippen LogP contribution >= 0.6 is 22.9 Å². The summed E-state index contributed by atoms with van der Waals surface area (Å²) in [5.74, 6) is -0.627. The molecule has 3 aliphatic rings. The monoisotopic (exact) mass is 960 g/mol. The van der Waals surface area contributed by atoms with Crippen molar-refractivity contribution in [3.63, 3.8) is 0 Å². The number of piperazine rings is 1. The van der Waals surface area contributed by atoms with Gasteiger partial charge in [-0.3, -0.25) is 19.3 Å². The third kappa shape index (κ3) is 10.3. The average molecular weight is 961 g/mol. The number of aromatic amines is 1. The maximum Gasteiger partial charge on any atom is 0.490 e. The first kappa shape index (κ1) is 47.2. The van der Waals surface area contributed by atoms with E-state index in [2.05, 4.69) is 48.6 Å². The highest BCUT2D eigenvalue weighted by Gasteiger charge is 2.38. The molecule has 0 radical (unpaired) electrons. The molecule has 2 saturated heterocycles. The Bertz CT molecular complexity index is 2860. The Balaban J connectivity index is 0.000000807. The van der Waals surface area contributed by atoms with Crippen LogP contribution in [-0.4, -0.2) is 129 Å². The van der Waals surface area contributed by atoms with Crippen molar-refractivity contribution in [3.8, 4) is 33.6 Å². The van der Waals surface area contributed by atoms with Gasteiger partial charge in [-0.05, 0) is 87.1 Å². The summed E-state index contributed by atoms with van der Waals surface area (Å²) in [6, 6.07) is 19.3. The maximum atomic E-state index is 14.0. The number of halogens is 4. The minimum atomic E-state index is -5.08. The summed E-state index contributed by atoms with van der Waals surface area (Å²) in [4.78, 5) is 49.2. The van der Waals surface area contributed by atoms with Crippen LogP contribution in [0, 0.1) is 26.7 Å². The number of hydrogen-bond donors (Lipinski definition) is 4. The van der Waals surface area contributed by atoms with E-state index < -0.39 is 23.9 Å². The average Bonchev–Trinajstić information content (AvgIpc) is 3.93. The number of benzene rings is 3. The number of amides is 1. The molecule has 21 heteroatoms. The molecule has 6 heterocycles. The van der Waals surface area contributed by atoms with Gasteiger partial charge in [-0.1, -0.05) is 35.9 Å². The predicted molar refractivity (Wildman–Crippen MR) is 246 cm³/mol. The van der Waals surface area contributed by atoms with Crippen molar-refractivity contribution in [2.45, 2.75) is 58.8 Å². The normalized spacial score (nSPS) is 17.0. The summed E-state index contributed by atoms with van der Waals surface area (Å²) in [6.45, 7) is 13.4. The number of aliphatic carboxylic acids is 1. The number of fused-ring (bicyclic) bond motifs is 3. The van der Waals surface area contributed by atoms with Crippen molar-refractivity contribution >= 4 is 40.5 Å². The van der Waals surface area contributed by atoms with Gasteiger partial charge in [-0.15, -0.1) is 21.5 Å². The number of hydrogen-bond acceptors (Lipinski definition) is 12. The molecule has 6 aromatic rings. The minimum absolute atomic E-state index is 0.0753. The molecular formula is C46H48ClF3N10O6S. The molecule has 67 heavy (non-hydrogen) atoms. The van der Waals surface area contributed by atoms with Crippen molar-refractivity contribution in [1.82, 2.24) is 44.2 Å². The number of likely N-dealkylation sites (tertiary alicyclic amines) is 1. The summed E-state index contributed by atoms with van der Waals surface area (Å²) in [5.41, 5.74) is 5.73. The number of H-pyrrole nitrogens is 1. The van der Waals surface area contributed by atoms with Gasteiger partial charge < -0.3 is 25.1 Å². The minimum Gasteiger partial charge on any atom is -0.508 e. The zero-order valence-electron chi connectivity index (χ0n) is 36.8. The molecule has 1 atom stereocenters. The molecule has 3 aliphatic heterocycles. The lowest BCUT2D eigenvalue weighted by Gasteiger charge is -2.39. The van der Waals surface area contributed by atoms with E-state index >= 15 is 0 Å². The van der Waals surface area contributed by atoms with Crippen LogP contribution < -0.4 is 5.69 Å². The van der Waals surface area contributed by atoms with E-state index in [4.69, 9.17) is 26.5 Å². The number of carboxylic acids is 1. The zero-order valence-corrected chi connectivity index (χ0v) is 38.4. The van der Waals surface area contributed by atoms with Crippen LogP contribution in [0.3, 0.4) is 0 Å². The number of phenolic OH excluding ortho intramolecular Hbond substituents is 2. The molecule has 3 aromatic carbocycles. The van der Waals surface area contributed by atoms with Gasteiger partial charge in [-0.25, -0.2) is 19.3 Å². The first-order valence-corrected chi connectivity index (χ1v) is 22.8. The van der Waals surface area contributed by atoms with Crippen LogP contribution in [-0.2, 0) is 16.1 Å². The number of carbonyl (C=O) groups excluding carboxylic acids is 1. The Morgan fingerprint density at radius 2 is 1.54 bits per heavy atom. The predicted octanol–water partition coefficient (Wildman–Crippen LogP) is 6.83. The van der Waals surface area contributed by atoms with Crippen LogP contribution in [0.5, 0.6) is 11.5 Å². The number of phenols is 2. The third-order valence-corrected chi connectivity index (χ3v) is 13.9. The molecule has 0 saturated carbocycles. The molecule has 0 bridgehead atoms. The summed E-state index contributed by atoms with van der Waals surface area (Å²) in [6.07, 6.45) is -2.91. The maximum absolute atomic E-state index is 14.0. The number of rotatable bonds is 9. The van der Waals surface area contributed by atoms with E-state index in [-0.39, 0.29) is 29.7 Å². The van der Waals surface area contributed by atoms with Gasteiger partial charge in [0.1, 0.15) is 28.4 Å². The van der Waals surface area contributed by atoms with Crippen LogP contribution in [0.15, 0.2) is 76.5 Å². The number of aryl methyl sites for hydroxylation is 2. The van der Waals surface area contributed by atoms with Crippen molar-refractivity contribution in [1.29, 1.82) is 0 Å². The molecule has 4 N–H and O–H groups in total. The fraction of sp³-hybridized carbons (Fsp3) is 0.370. The molecule has 0 aliphatic carbocycles. The lowest BCUT2D eigenvalue weighted by atomic mass is 9.95. The van der Waals surface area contributed by atoms with Gasteiger partial charge in [0, 0.05) is 79.5 Å². The number of aromatic nitrogens is 6. The number of thiophene rings is 1. The first-order valence-electron chi connectivity index (χ1n) is 21.6.